The Bertz CT molecular complexity index is 618. The summed E-state index contributed by atoms with van der Waals surface area (Å²) in [6.07, 6.45) is 7.28. The lowest BCUT2D eigenvalue weighted by Gasteiger charge is -2.21. The van der Waals surface area contributed by atoms with E-state index >= 15 is 0 Å². The summed E-state index contributed by atoms with van der Waals surface area (Å²) in [6, 6.07) is 10.2. The van der Waals surface area contributed by atoms with Crippen LogP contribution in [0, 0.1) is 0 Å². The molecule has 1 N–H and O–H groups in total. The van der Waals surface area contributed by atoms with E-state index in [1.807, 2.05) is 29.1 Å². The van der Waals surface area contributed by atoms with E-state index in [9.17, 15) is 0 Å². The van der Waals surface area contributed by atoms with Crippen LogP contribution in [0.15, 0.2) is 47.7 Å². The number of guanidine groups is 1. The zero-order valence-electron chi connectivity index (χ0n) is 15.1. The largest absolute Gasteiger partial charge is 0.357 e. The molecule has 0 aliphatic heterocycles. The van der Waals surface area contributed by atoms with Crippen LogP contribution >= 0.6 is 0 Å². The number of hydrogen-bond donors (Lipinski definition) is 1. The van der Waals surface area contributed by atoms with Gasteiger partial charge in [-0.05, 0) is 37.5 Å². The minimum atomic E-state index is 0.763. The number of benzene rings is 1. The summed E-state index contributed by atoms with van der Waals surface area (Å²) in [6.45, 7) is 7.00. The summed E-state index contributed by atoms with van der Waals surface area (Å²) >= 11 is 0. The molecule has 0 atom stereocenters. The third kappa shape index (κ3) is 5.41. The summed E-state index contributed by atoms with van der Waals surface area (Å²) in [4.78, 5) is 6.95. The highest BCUT2D eigenvalue weighted by molar-refractivity contribution is 5.79. The Morgan fingerprint density at radius 3 is 2.75 bits per heavy atom. The van der Waals surface area contributed by atoms with Gasteiger partial charge in [-0.15, -0.1) is 0 Å². The van der Waals surface area contributed by atoms with E-state index in [4.69, 9.17) is 4.99 Å². The number of aliphatic imine (C=N–C) groups is 1. The Labute approximate surface area is 145 Å². The third-order valence-electron chi connectivity index (χ3n) is 3.86. The minimum Gasteiger partial charge on any atom is -0.357 e. The molecule has 1 heterocycles. The van der Waals surface area contributed by atoms with Gasteiger partial charge in [0.05, 0.1) is 11.9 Å². The van der Waals surface area contributed by atoms with Crippen LogP contribution in [0.1, 0.15) is 32.3 Å². The van der Waals surface area contributed by atoms with Crippen LogP contribution in [-0.2, 0) is 6.42 Å². The van der Waals surface area contributed by atoms with Gasteiger partial charge in [0.1, 0.15) is 0 Å². The van der Waals surface area contributed by atoms with Gasteiger partial charge in [-0.25, -0.2) is 4.68 Å². The Morgan fingerprint density at radius 2 is 2.04 bits per heavy atom. The van der Waals surface area contributed by atoms with Crippen LogP contribution < -0.4 is 5.32 Å². The van der Waals surface area contributed by atoms with E-state index < -0.39 is 0 Å². The monoisotopic (exact) mass is 327 g/mol. The van der Waals surface area contributed by atoms with Crippen LogP contribution in [0.2, 0.25) is 0 Å². The normalized spacial score (nSPS) is 11.5. The number of rotatable bonds is 8. The predicted molar refractivity (Wildman–Crippen MR) is 101 cm³/mol. The van der Waals surface area contributed by atoms with Crippen LogP contribution in [0.25, 0.3) is 5.69 Å². The molecule has 130 valence electrons. The molecule has 0 aliphatic rings. The van der Waals surface area contributed by atoms with Crippen molar-refractivity contribution < 1.29 is 0 Å². The van der Waals surface area contributed by atoms with Crippen LogP contribution in [0.4, 0.5) is 0 Å². The minimum absolute atomic E-state index is 0.763. The molecule has 0 aliphatic carbocycles. The van der Waals surface area contributed by atoms with Gasteiger partial charge in [0, 0.05) is 32.9 Å². The van der Waals surface area contributed by atoms with Gasteiger partial charge in [0.2, 0.25) is 0 Å². The quantitative estimate of drug-likeness (QED) is 0.598. The molecule has 24 heavy (non-hydrogen) atoms. The molecular formula is C19H29N5. The van der Waals surface area contributed by atoms with Crippen molar-refractivity contribution in [1.82, 2.24) is 20.0 Å². The standard InChI is InChI=1S/C19H29N5/c1-4-6-14-23(3)19(20-5-2)21-13-12-17-15-22-24(16-17)18-10-8-7-9-11-18/h7-11,15-16H,4-6,12-14H2,1-3H3,(H,20,21). The Balaban J connectivity index is 1.92. The van der Waals surface area contributed by atoms with Gasteiger partial charge >= 0.3 is 0 Å². The van der Waals surface area contributed by atoms with Crippen LogP contribution in [0.3, 0.4) is 0 Å². The van der Waals surface area contributed by atoms with Gasteiger partial charge in [0.15, 0.2) is 5.96 Å². The first-order valence-corrected chi connectivity index (χ1v) is 8.83. The maximum atomic E-state index is 4.74. The number of nitrogens with zero attached hydrogens (tertiary/aromatic N) is 4. The van der Waals surface area contributed by atoms with E-state index in [0.29, 0.717) is 0 Å². The van der Waals surface area contributed by atoms with Crippen molar-refractivity contribution in [2.24, 2.45) is 4.99 Å². The molecule has 0 fully saturated rings. The van der Waals surface area contributed by atoms with Crippen molar-refractivity contribution in [2.75, 3.05) is 26.7 Å². The second kappa shape index (κ2) is 9.75. The SMILES string of the molecule is CCCCN(C)C(=NCCc1cnn(-c2ccccc2)c1)NCC. The number of hydrogen-bond acceptors (Lipinski definition) is 2. The average molecular weight is 327 g/mol. The molecule has 5 nitrogen and oxygen atoms in total. The highest BCUT2D eigenvalue weighted by atomic mass is 15.3. The van der Waals surface area contributed by atoms with E-state index in [0.717, 1.165) is 37.7 Å². The fraction of sp³-hybridized carbons (Fsp3) is 0.474. The van der Waals surface area contributed by atoms with Crippen molar-refractivity contribution in [1.29, 1.82) is 0 Å². The lowest BCUT2D eigenvalue weighted by molar-refractivity contribution is 0.465. The highest BCUT2D eigenvalue weighted by Crippen LogP contribution is 2.08. The molecule has 0 radical (unpaired) electrons. The fourth-order valence-corrected chi connectivity index (χ4v) is 2.47. The first-order chi connectivity index (χ1) is 11.7. The Kier molecular flexibility index (Phi) is 7.33. The maximum Gasteiger partial charge on any atom is 0.193 e. The van der Waals surface area contributed by atoms with Crippen molar-refractivity contribution in [3.05, 3.63) is 48.3 Å². The van der Waals surface area contributed by atoms with E-state index in [-0.39, 0.29) is 0 Å². The Morgan fingerprint density at radius 1 is 1.25 bits per heavy atom. The first-order valence-electron chi connectivity index (χ1n) is 8.83. The first kappa shape index (κ1) is 18.0. The van der Waals surface area contributed by atoms with E-state index in [2.05, 4.69) is 54.5 Å². The second-order valence-corrected chi connectivity index (χ2v) is 5.89. The van der Waals surface area contributed by atoms with Crippen molar-refractivity contribution >= 4 is 5.96 Å². The van der Waals surface area contributed by atoms with Crippen LogP contribution in [-0.4, -0.2) is 47.3 Å². The van der Waals surface area contributed by atoms with Crippen molar-refractivity contribution in [3.8, 4) is 5.69 Å². The smallest absolute Gasteiger partial charge is 0.193 e. The molecule has 0 spiro atoms. The number of para-hydroxylation sites is 1. The van der Waals surface area contributed by atoms with E-state index in [1.54, 1.807) is 0 Å². The molecular weight excluding hydrogens is 298 g/mol. The van der Waals surface area contributed by atoms with Crippen LogP contribution in [0.5, 0.6) is 0 Å². The predicted octanol–water partition coefficient (Wildman–Crippen LogP) is 3.11. The molecule has 2 aromatic rings. The molecule has 2 rings (SSSR count). The third-order valence-corrected chi connectivity index (χ3v) is 3.86. The van der Waals surface area contributed by atoms with E-state index in [1.165, 1.54) is 18.4 Å². The number of aromatic nitrogens is 2. The number of unbranched alkanes of at least 4 members (excludes halogenated alkanes) is 1. The maximum absolute atomic E-state index is 4.74. The average Bonchev–Trinajstić information content (AvgIpc) is 3.08. The van der Waals surface area contributed by atoms with Crippen molar-refractivity contribution in [3.63, 3.8) is 0 Å². The lowest BCUT2D eigenvalue weighted by atomic mass is 10.2. The number of nitrogens with one attached hydrogen (secondary N) is 1. The molecule has 5 heteroatoms. The van der Waals surface area contributed by atoms with Gasteiger partial charge in [-0.3, -0.25) is 4.99 Å². The molecule has 0 unspecified atom stereocenters. The molecule has 0 saturated carbocycles. The van der Waals surface area contributed by atoms with Gasteiger partial charge in [-0.2, -0.15) is 5.10 Å². The summed E-state index contributed by atoms with van der Waals surface area (Å²) < 4.78 is 1.91. The lowest BCUT2D eigenvalue weighted by Crippen LogP contribution is -2.39. The summed E-state index contributed by atoms with van der Waals surface area (Å²) in [7, 11) is 2.10. The zero-order chi connectivity index (χ0) is 17.2. The highest BCUT2D eigenvalue weighted by Gasteiger charge is 2.05. The molecule has 0 saturated heterocycles. The van der Waals surface area contributed by atoms with Gasteiger partial charge < -0.3 is 10.2 Å². The fourth-order valence-electron chi connectivity index (χ4n) is 2.47. The van der Waals surface area contributed by atoms with Gasteiger partial charge in [0.25, 0.3) is 0 Å². The summed E-state index contributed by atoms with van der Waals surface area (Å²) in [5.41, 5.74) is 2.29. The summed E-state index contributed by atoms with van der Waals surface area (Å²) in [5, 5.41) is 7.80. The Hall–Kier alpha value is -2.30. The van der Waals surface area contributed by atoms with Gasteiger partial charge in [-0.1, -0.05) is 31.5 Å². The molecule has 1 aromatic heterocycles. The summed E-state index contributed by atoms with van der Waals surface area (Å²) in [5.74, 6) is 0.987. The second-order valence-electron chi connectivity index (χ2n) is 5.89. The molecule has 0 amide bonds. The molecule has 1 aromatic carbocycles. The topological polar surface area (TPSA) is 45.5 Å². The zero-order valence-corrected chi connectivity index (χ0v) is 15.1. The van der Waals surface area contributed by atoms with Crippen molar-refractivity contribution in [2.45, 2.75) is 33.1 Å². The molecule has 0 bridgehead atoms.